The SMILES string of the molecule is C[N+](C)(CCCCCC[N+](C)(C)CCCN1C(=O)c2cc3ccccc3cc2C1=O)CCCN1C(=O)c2ccccc2C1=O.[Br-]. The summed E-state index contributed by atoms with van der Waals surface area (Å²) in [6.07, 6.45) is 6.19. The molecule has 0 spiro atoms. The molecule has 0 fully saturated rings. The summed E-state index contributed by atoms with van der Waals surface area (Å²) < 4.78 is 1.74. The quantitative estimate of drug-likeness (QED) is 0.141. The van der Waals surface area contributed by atoms with Crippen LogP contribution in [-0.2, 0) is 0 Å². The van der Waals surface area contributed by atoms with Gasteiger partial charge in [-0.3, -0.25) is 29.0 Å². The van der Waals surface area contributed by atoms with Gasteiger partial charge < -0.3 is 25.9 Å². The fourth-order valence-electron chi connectivity index (χ4n) is 6.59. The minimum Gasteiger partial charge on any atom is -1.00 e. The minimum absolute atomic E-state index is 0. The second-order valence-electron chi connectivity index (χ2n) is 13.7. The maximum atomic E-state index is 13.0. The number of nitrogens with zero attached hydrogens (tertiary/aromatic N) is 4. The third kappa shape index (κ3) is 7.88. The lowest BCUT2D eigenvalue weighted by Crippen LogP contribution is -3.00. The van der Waals surface area contributed by atoms with Crippen molar-refractivity contribution in [3.63, 3.8) is 0 Å². The van der Waals surface area contributed by atoms with Crippen LogP contribution in [0.25, 0.3) is 10.8 Å². The van der Waals surface area contributed by atoms with Crippen LogP contribution in [0.3, 0.4) is 0 Å². The number of fused-ring (bicyclic) bond motifs is 3. The van der Waals surface area contributed by atoms with Gasteiger partial charge in [0.1, 0.15) is 0 Å². The number of amides is 4. The Hall–Kier alpha value is -3.40. The van der Waals surface area contributed by atoms with Crippen molar-refractivity contribution in [2.24, 2.45) is 0 Å². The predicted molar refractivity (Wildman–Crippen MR) is 173 cm³/mol. The first-order chi connectivity index (χ1) is 21.0. The Balaban J connectivity index is 0.00000461. The molecule has 3 aromatic rings. The zero-order valence-corrected chi connectivity index (χ0v) is 28.6. The van der Waals surface area contributed by atoms with E-state index in [9.17, 15) is 19.2 Å². The zero-order chi connectivity index (χ0) is 31.5. The molecule has 0 saturated heterocycles. The molecule has 2 heterocycles. The molecule has 0 aliphatic carbocycles. The Kier molecular flexibility index (Phi) is 11.0. The lowest BCUT2D eigenvalue weighted by Gasteiger charge is -2.31. The number of imide groups is 2. The van der Waals surface area contributed by atoms with Gasteiger partial charge in [0.15, 0.2) is 0 Å². The van der Waals surface area contributed by atoms with Crippen LogP contribution in [0.4, 0.5) is 0 Å². The maximum Gasteiger partial charge on any atom is 0.261 e. The third-order valence-corrected chi connectivity index (χ3v) is 9.28. The van der Waals surface area contributed by atoms with Crippen molar-refractivity contribution in [2.45, 2.75) is 38.5 Å². The molecule has 5 rings (SSSR count). The molecule has 0 unspecified atom stereocenters. The van der Waals surface area contributed by atoms with Gasteiger partial charge in [0.25, 0.3) is 23.6 Å². The van der Waals surface area contributed by atoms with Gasteiger partial charge in [-0.05, 0) is 60.7 Å². The highest BCUT2D eigenvalue weighted by atomic mass is 79.9. The van der Waals surface area contributed by atoms with Gasteiger partial charge in [-0.25, -0.2) is 0 Å². The first-order valence-corrected chi connectivity index (χ1v) is 16.0. The van der Waals surface area contributed by atoms with Crippen LogP contribution in [0.1, 0.15) is 80.0 Å². The number of benzene rings is 3. The summed E-state index contributed by atoms with van der Waals surface area (Å²) in [6, 6.07) is 18.6. The van der Waals surface area contributed by atoms with E-state index in [2.05, 4.69) is 28.2 Å². The van der Waals surface area contributed by atoms with Gasteiger partial charge in [-0.2, -0.15) is 0 Å². The smallest absolute Gasteiger partial charge is 0.261 e. The van der Waals surface area contributed by atoms with Crippen molar-refractivity contribution >= 4 is 34.4 Å². The summed E-state index contributed by atoms with van der Waals surface area (Å²) >= 11 is 0. The van der Waals surface area contributed by atoms with E-state index in [0.29, 0.717) is 35.3 Å². The number of unbranched alkanes of at least 4 members (excludes halogenated alkanes) is 3. The molecule has 0 N–H and O–H groups in total. The maximum absolute atomic E-state index is 13.0. The number of hydrogen-bond donors (Lipinski definition) is 0. The first-order valence-electron chi connectivity index (χ1n) is 16.0. The van der Waals surface area contributed by atoms with Crippen molar-refractivity contribution in [3.05, 3.63) is 82.9 Å². The van der Waals surface area contributed by atoms with E-state index in [1.165, 1.54) is 22.6 Å². The number of quaternary nitrogens is 2. The molecule has 45 heavy (non-hydrogen) atoms. The first kappa shape index (κ1) is 34.5. The van der Waals surface area contributed by atoms with Crippen LogP contribution in [-0.4, -0.2) is 110 Å². The molecule has 8 nitrogen and oxygen atoms in total. The number of halogens is 1. The highest BCUT2D eigenvalue weighted by Crippen LogP contribution is 2.28. The van der Waals surface area contributed by atoms with Gasteiger partial charge in [-0.1, -0.05) is 36.4 Å². The molecule has 240 valence electrons. The molecule has 9 heteroatoms. The second-order valence-corrected chi connectivity index (χ2v) is 13.7. The van der Waals surface area contributed by atoms with E-state index in [4.69, 9.17) is 0 Å². The minimum atomic E-state index is -0.175. The van der Waals surface area contributed by atoms with E-state index in [0.717, 1.165) is 71.6 Å². The van der Waals surface area contributed by atoms with Crippen LogP contribution >= 0.6 is 0 Å². The van der Waals surface area contributed by atoms with Crippen LogP contribution in [0, 0.1) is 0 Å². The second kappa shape index (κ2) is 14.4. The van der Waals surface area contributed by atoms with E-state index >= 15 is 0 Å². The summed E-state index contributed by atoms with van der Waals surface area (Å²) in [6.45, 7) is 4.87. The number of carbonyl (C=O) groups excluding carboxylic acids is 4. The molecular formula is C36H46BrN4O4+. The molecular weight excluding hydrogens is 632 g/mol. The molecule has 0 saturated carbocycles. The Morgan fingerprint density at radius 2 is 0.800 bits per heavy atom. The lowest BCUT2D eigenvalue weighted by atomic mass is 10.0. The Labute approximate surface area is 277 Å². The predicted octanol–water partition coefficient (Wildman–Crippen LogP) is 2.23. The average Bonchev–Trinajstić information content (AvgIpc) is 3.37. The summed E-state index contributed by atoms with van der Waals surface area (Å²) in [7, 11) is 8.89. The van der Waals surface area contributed by atoms with Crippen LogP contribution in [0.5, 0.6) is 0 Å². The van der Waals surface area contributed by atoms with Gasteiger partial charge in [-0.15, -0.1) is 0 Å². The van der Waals surface area contributed by atoms with Crippen molar-refractivity contribution < 1.29 is 45.1 Å². The summed E-state index contributed by atoms with van der Waals surface area (Å²) in [5.41, 5.74) is 2.08. The average molecular weight is 679 g/mol. The molecule has 2 aliphatic rings. The van der Waals surface area contributed by atoms with E-state index in [1.807, 2.05) is 36.4 Å². The standard InChI is InChI=1S/C36H46N4O4.BrH/c1-39(2,23-13-19-37-33(41)29-17-9-10-18-30(29)34(37)42)21-11-5-6-12-22-40(3,4)24-14-20-38-35(43)31-25-27-15-7-8-16-28(27)26-32(31)36(38)44;/h7-10,15-18,25-26H,5-6,11-14,19-24H2,1-4H3;1H/q+2;/p-1. The summed E-state index contributed by atoms with van der Waals surface area (Å²) in [5.74, 6) is -0.693. The Morgan fingerprint density at radius 3 is 1.20 bits per heavy atom. The number of rotatable bonds is 15. The van der Waals surface area contributed by atoms with E-state index in [1.54, 1.807) is 24.3 Å². The number of hydrogen-bond acceptors (Lipinski definition) is 4. The summed E-state index contributed by atoms with van der Waals surface area (Å²) in [5, 5.41) is 1.96. The molecule has 2 aliphatic heterocycles. The normalized spacial score (nSPS) is 14.8. The van der Waals surface area contributed by atoms with E-state index < -0.39 is 0 Å². The fourth-order valence-corrected chi connectivity index (χ4v) is 6.59. The molecule has 0 bridgehead atoms. The van der Waals surface area contributed by atoms with Crippen LogP contribution in [0.2, 0.25) is 0 Å². The molecule has 0 aromatic heterocycles. The highest BCUT2D eigenvalue weighted by Gasteiger charge is 2.36. The molecule has 4 amide bonds. The zero-order valence-electron chi connectivity index (χ0n) is 27.1. The van der Waals surface area contributed by atoms with Crippen molar-refractivity contribution in [3.8, 4) is 0 Å². The van der Waals surface area contributed by atoms with Gasteiger partial charge in [0.2, 0.25) is 0 Å². The molecule has 3 aromatic carbocycles. The van der Waals surface area contributed by atoms with Crippen molar-refractivity contribution in [1.29, 1.82) is 0 Å². The highest BCUT2D eigenvalue weighted by molar-refractivity contribution is 6.23. The van der Waals surface area contributed by atoms with Crippen molar-refractivity contribution in [2.75, 3.05) is 67.5 Å². The Morgan fingerprint density at radius 1 is 0.467 bits per heavy atom. The summed E-state index contributed by atoms with van der Waals surface area (Å²) in [4.78, 5) is 54.0. The van der Waals surface area contributed by atoms with Gasteiger partial charge in [0.05, 0.1) is 76.6 Å². The van der Waals surface area contributed by atoms with Crippen LogP contribution in [0.15, 0.2) is 60.7 Å². The van der Waals surface area contributed by atoms with Crippen LogP contribution < -0.4 is 17.0 Å². The number of carbonyl (C=O) groups is 4. The molecule has 0 radical (unpaired) electrons. The lowest BCUT2D eigenvalue weighted by molar-refractivity contribution is -0.891. The van der Waals surface area contributed by atoms with E-state index in [-0.39, 0.29) is 40.6 Å². The fraction of sp³-hybridized carbons (Fsp3) is 0.444. The third-order valence-electron chi connectivity index (χ3n) is 9.28. The molecule has 0 atom stereocenters. The van der Waals surface area contributed by atoms with Crippen molar-refractivity contribution in [1.82, 2.24) is 9.80 Å². The largest absolute Gasteiger partial charge is 1.00 e. The Bertz CT molecular complexity index is 1490. The topological polar surface area (TPSA) is 74.8 Å². The monoisotopic (exact) mass is 677 g/mol. The van der Waals surface area contributed by atoms with Gasteiger partial charge >= 0.3 is 0 Å². The van der Waals surface area contributed by atoms with Gasteiger partial charge in [0, 0.05) is 25.9 Å².